The molecule has 20 heavy (non-hydrogen) atoms. The monoisotopic (exact) mass is 304 g/mol. The Hall–Kier alpha value is -0.700. The molecule has 1 aliphatic carbocycles. The fraction of sp³-hybridized carbons (Fsp3) is 0.625. The summed E-state index contributed by atoms with van der Waals surface area (Å²) in [4.78, 5) is 0. The number of halogens is 4. The van der Waals surface area contributed by atoms with Gasteiger partial charge in [-0.15, -0.1) is 11.6 Å². The molecule has 0 saturated heterocycles. The van der Waals surface area contributed by atoms with Gasteiger partial charge in [-0.3, -0.25) is 0 Å². The van der Waals surface area contributed by atoms with Gasteiger partial charge in [-0.25, -0.2) is 0 Å². The molecule has 0 nitrogen and oxygen atoms in total. The van der Waals surface area contributed by atoms with Crippen molar-refractivity contribution in [2.24, 2.45) is 11.8 Å². The molecule has 0 amide bonds. The van der Waals surface area contributed by atoms with Crippen LogP contribution in [0.2, 0.25) is 0 Å². The summed E-state index contributed by atoms with van der Waals surface area (Å²) in [5.74, 6) is -0.920. The van der Waals surface area contributed by atoms with Gasteiger partial charge in [0.15, 0.2) is 0 Å². The average molecular weight is 305 g/mol. The van der Waals surface area contributed by atoms with E-state index in [-0.39, 0.29) is 24.1 Å². The molecule has 1 fully saturated rings. The minimum Gasteiger partial charge on any atom is -0.171 e. The smallest absolute Gasteiger partial charge is 0.171 e. The van der Waals surface area contributed by atoms with Crippen LogP contribution in [-0.2, 0) is 6.42 Å². The average Bonchev–Trinajstić information content (AvgIpc) is 2.40. The highest BCUT2D eigenvalue weighted by molar-refractivity contribution is 6.20. The van der Waals surface area contributed by atoms with Crippen molar-refractivity contribution in [3.05, 3.63) is 35.4 Å². The van der Waals surface area contributed by atoms with Crippen molar-refractivity contribution in [1.82, 2.24) is 0 Å². The van der Waals surface area contributed by atoms with Crippen LogP contribution in [0.1, 0.15) is 36.8 Å². The fourth-order valence-electron chi connectivity index (χ4n) is 3.02. The molecule has 0 N–H and O–H groups in total. The minimum atomic E-state index is -4.04. The van der Waals surface area contributed by atoms with Crippen LogP contribution in [0.5, 0.6) is 0 Å². The highest BCUT2D eigenvalue weighted by atomic mass is 35.5. The first-order valence-electron chi connectivity index (χ1n) is 7.13. The Morgan fingerprint density at radius 1 is 1.15 bits per heavy atom. The number of aryl methyl sites for hydroxylation is 1. The Bertz CT molecular complexity index is 434. The molecule has 0 bridgehead atoms. The molecule has 1 unspecified atom stereocenters. The highest BCUT2D eigenvalue weighted by Gasteiger charge is 2.42. The van der Waals surface area contributed by atoms with Crippen LogP contribution in [0.3, 0.4) is 0 Å². The van der Waals surface area contributed by atoms with Crippen molar-refractivity contribution in [1.29, 1.82) is 0 Å². The van der Waals surface area contributed by atoms with Gasteiger partial charge in [-0.1, -0.05) is 24.3 Å². The Morgan fingerprint density at radius 3 is 2.30 bits per heavy atom. The highest BCUT2D eigenvalue weighted by Crippen LogP contribution is 2.41. The maximum absolute atomic E-state index is 12.6. The van der Waals surface area contributed by atoms with Crippen LogP contribution in [-0.4, -0.2) is 11.6 Å². The molecule has 1 aromatic rings. The molecule has 1 atom stereocenters. The molecule has 0 spiro atoms. The first kappa shape index (κ1) is 15.7. The van der Waals surface area contributed by atoms with Gasteiger partial charge in [0.05, 0.1) is 5.92 Å². The Kier molecular flexibility index (Phi) is 5.00. The molecule has 4 heteroatoms. The van der Waals surface area contributed by atoms with Gasteiger partial charge in [-0.2, -0.15) is 13.2 Å². The molecule has 2 rings (SSSR count). The lowest BCUT2D eigenvalue weighted by Gasteiger charge is -2.32. The van der Waals surface area contributed by atoms with Crippen molar-refractivity contribution >= 4 is 11.6 Å². The summed E-state index contributed by atoms with van der Waals surface area (Å²) >= 11 is 6.45. The van der Waals surface area contributed by atoms with Crippen LogP contribution in [0.25, 0.3) is 0 Å². The lowest BCUT2D eigenvalue weighted by atomic mass is 9.79. The van der Waals surface area contributed by atoms with Gasteiger partial charge >= 0.3 is 6.18 Å². The standard InChI is InChI=1S/C16H20ClF3/c1-11-4-2-3-5-13(11)10-15(17)12-6-8-14(9-7-12)16(18,19)20/h2-5,12,14-15H,6-10H2,1H3. The Balaban J connectivity index is 1.89. The summed E-state index contributed by atoms with van der Waals surface area (Å²) in [6.45, 7) is 2.04. The van der Waals surface area contributed by atoms with Gasteiger partial charge in [0.1, 0.15) is 0 Å². The summed E-state index contributed by atoms with van der Waals surface area (Å²) in [6.07, 6.45) is -1.66. The molecule has 0 heterocycles. The van der Waals surface area contributed by atoms with Crippen LogP contribution in [0, 0.1) is 18.8 Å². The molecule has 1 aromatic carbocycles. The number of hydrogen-bond acceptors (Lipinski definition) is 0. The zero-order chi connectivity index (χ0) is 14.8. The van der Waals surface area contributed by atoms with Crippen molar-refractivity contribution < 1.29 is 13.2 Å². The molecule has 0 aliphatic heterocycles. The van der Waals surface area contributed by atoms with E-state index >= 15 is 0 Å². The molecule has 1 saturated carbocycles. The zero-order valence-corrected chi connectivity index (χ0v) is 12.3. The Labute approximate surface area is 123 Å². The lowest BCUT2D eigenvalue weighted by Crippen LogP contribution is -2.31. The molecule has 1 aliphatic rings. The van der Waals surface area contributed by atoms with E-state index in [0.717, 1.165) is 6.42 Å². The van der Waals surface area contributed by atoms with E-state index in [1.807, 2.05) is 31.2 Å². The van der Waals surface area contributed by atoms with Gasteiger partial charge in [0.2, 0.25) is 0 Å². The van der Waals surface area contributed by atoms with E-state index in [1.54, 1.807) is 0 Å². The second kappa shape index (κ2) is 6.38. The molecular weight excluding hydrogens is 285 g/mol. The molecular formula is C16H20ClF3. The topological polar surface area (TPSA) is 0 Å². The van der Waals surface area contributed by atoms with Gasteiger partial charge in [0, 0.05) is 5.38 Å². The summed E-state index contributed by atoms with van der Waals surface area (Å²) in [6, 6.07) is 8.05. The third-order valence-corrected chi connectivity index (χ3v) is 4.93. The number of rotatable bonds is 3. The maximum Gasteiger partial charge on any atom is 0.391 e. The zero-order valence-electron chi connectivity index (χ0n) is 11.6. The third kappa shape index (κ3) is 3.91. The summed E-state index contributed by atoms with van der Waals surface area (Å²) in [5.41, 5.74) is 2.40. The molecule has 112 valence electrons. The maximum atomic E-state index is 12.6. The summed E-state index contributed by atoms with van der Waals surface area (Å²) < 4.78 is 37.9. The summed E-state index contributed by atoms with van der Waals surface area (Å²) in [5, 5.41) is -0.0646. The van der Waals surface area contributed by atoms with Crippen LogP contribution < -0.4 is 0 Å². The van der Waals surface area contributed by atoms with Crippen LogP contribution in [0.15, 0.2) is 24.3 Å². The predicted molar refractivity (Wildman–Crippen MR) is 76.0 cm³/mol. The quantitative estimate of drug-likeness (QED) is 0.646. The van der Waals surface area contributed by atoms with Crippen molar-refractivity contribution in [2.75, 3.05) is 0 Å². The van der Waals surface area contributed by atoms with Gasteiger partial charge in [-0.05, 0) is 56.1 Å². The van der Waals surface area contributed by atoms with E-state index in [0.29, 0.717) is 12.8 Å². The Morgan fingerprint density at radius 2 is 1.75 bits per heavy atom. The van der Waals surface area contributed by atoms with E-state index in [9.17, 15) is 13.2 Å². The third-order valence-electron chi connectivity index (χ3n) is 4.42. The predicted octanol–water partition coefficient (Wildman–Crippen LogP) is 5.51. The van der Waals surface area contributed by atoms with Gasteiger partial charge < -0.3 is 0 Å². The van der Waals surface area contributed by atoms with E-state index in [2.05, 4.69) is 0 Å². The second-order valence-electron chi connectivity index (χ2n) is 5.80. The largest absolute Gasteiger partial charge is 0.391 e. The first-order valence-corrected chi connectivity index (χ1v) is 7.57. The minimum absolute atomic E-state index is 0.0646. The first-order chi connectivity index (χ1) is 9.38. The van der Waals surface area contributed by atoms with Crippen molar-refractivity contribution in [3.8, 4) is 0 Å². The number of hydrogen-bond donors (Lipinski definition) is 0. The van der Waals surface area contributed by atoms with Crippen LogP contribution in [0.4, 0.5) is 13.2 Å². The van der Waals surface area contributed by atoms with Crippen molar-refractivity contribution in [3.63, 3.8) is 0 Å². The molecule has 0 radical (unpaired) electrons. The van der Waals surface area contributed by atoms with E-state index in [4.69, 9.17) is 11.6 Å². The number of alkyl halides is 4. The van der Waals surface area contributed by atoms with Crippen LogP contribution >= 0.6 is 11.6 Å². The SMILES string of the molecule is Cc1ccccc1CC(Cl)C1CCC(C(F)(F)F)CC1. The summed E-state index contributed by atoms with van der Waals surface area (Å²) in [7, 11) is 0. The molecule has 0 aromatic heterocycles. The van der Waals surface area contributed by atoms with E-state index < -0.39 is 12.1 Å². The normalized spacial score (nSPS) is 25.4. The van der Waals surface area contributed by atoms with Gasteiger partial charge in [0.25, 0.3) is 0 Å². The second-order valence-corrected chi connectivity index (χ2v) is 6.36. The number of benzene rings is 1. The fourth-order valence-corrected chi connectivity index (χ4v) is 3.44. The van der Waals surface area contributed by atoms with Crippen molar-refractivity contribution in [2.45, 2.75) is 50.6 Å². The lowest BCUT2D eigenvalue weighted by molar-refractivity contribution is -0.183. The van der Waals surface area contributed by atoms with E-state index in [1.165, 1.54) is 11.1 Å².